The summed E-state index contributed by atoms with van der Waals surface area (Å²) in [6.45, 7) is 9.51. The van der Waals surface area contributed by atoms with Crippen LogP contribution < -0.4 is 5.32 Å². The van der Waals surface area contributed by atoms with Crippen molar-refractivity contribution >= 4 is 0 Å². The molecule has 0 aromatic heterocycles. The van der Waals surface area contributed by atoms with Crippen LogP contribution in [0.2, 0.25) is 0 Å². The Bertz CT molecular complexity index is 250. The van der Waals surface area contributed by atoms with E-state index in [-0.39, 0.29) is 0 Å². The largest absolute Gasteiger partial charge is 0.312 e. The number of hydrogen-bond acceptors (Lipinski definition) is 2. The van der Waals surface area contributed by atoms with Crippen LogP contribution in [0.3, 0.4) is 0 Å². The van der Waals surface area contributed by atoms with E-state index in [0.717, 1.165) is 24.0 Å². The maximum atomic E-state index is 3.85. The highest BCUT2D eigenvalue weighted by atomic mass is 15.2. The van der Waals surface area contributed by atoms with Gasteiger partial charge >= 0.3 is 0 Å². The number of nitrogens with one attached hydrogen (secondary N) is 1. The second-order valence-electron chi connectivity index (χ2n) is 6.68. The molecule has 112 valence electrons. The first kappa shape index (κ1) is 15.3. The van der Waals surface area contributed by atoms with Gasteiger partial charge in [-0.1, -0.05) is 27.2 Å². The van der Waals surface area contributed by atoms with Gasteiger partial charge in [-0.15, -0.1) is 0 Å². The summed E-state index contributed by atoms with van der Waals surface area (Å²) in [5.74, 6) is 0.975. The molecule has 3 unspecified atom stereocenters. The molecule has 2 saturated carbocycles. The van der Waals surface area contributed by atoms with E-state index in [2.05, 4.69) is 31.0 Å². The van der Waals surface area contributed by atoms with Gasteiger partial charge < -0.3 is 5.32 Å². The topological polar surface area (TPSA) is 15.3 Å². The van der Waals surface area contributed by atoms with Gasteiger partial charge in [0.15, 0.2) is 0 Å². The normalized spacial score (nSPS) is 31.9. The third-order valence-electron chi connectivity index (χ3n) is 5.08. The zero-order chi connectivity index (χ0) is 13.7. The lowest BCUT2D eigenvalue weighted by molar-refractivity contribution is 0.0883. The molecule has 0 heterocycles. The Kier molecular flexibility index (Phi) is 6.15. The summed E-state index contributed by atoms with van der Waals surface area (Å²) >= 11 is 0. The number of nitrogens with zero attached hydrogens (tertiary/aromatic N) is 1. The van der Waals surface area contributed by atoms with Gasteiger partial charge in [0.05, 0.1) is 0 Å². The van der Waals surface area contributed by atoms with E-state index in [1.807, 2.05) is 0 Å². The van der Waals surface area contributed by atoms with Crippen LogP contribution in [-0.4, -0.2) is 36.1 Å². The average Bonchev–Trinajstić information content (AvgIpc) is 3.27. The highest BCUT2D eigenvalue weighted by Gasteiger charge is 2.39. The fourth-order valence-corrected chi connectivity index (χ4v) is 3.82. The zero-order valence-corrected chi connectivity index (χ0v) is 13.3. The van der Waals surface area contributed by atoms with E-state index in [4.69, 9.17) is 0 Å². The molecule has 0 spiro atoms. The fourth-order valence-electron chi connectivity index (χ4n) is 3.82. The summed E-state index contributed by atoms with van der Waals surface area (Å²) in [6, 6.07) is 2.50. The van der Waals surface area contributed by atoms with E-state index < -0.39 is 0 Å². The number of hydrogen-bond donors (Lipinski definition) is 1. The zero-order valence-electron chi connectivity index (χ0n) is 13.3. The van der Waals surface area contributed by atoms with Gasteiger partial charge in [0.25, 0.3) is 0 Å². The summed E-state index contributed by atoms with van der Waals surface area (Å²) < 4.78 is 0. The number of rotatable bonds is 8. The molecular weight excluding hydrogens is 232 g/mol. The molecule has 1 N–H and O–H groups in total. The van der Waals surface area contributed by atoms with Crippen LogP contribution in [0.25, 0.3) is 0 Å². The van der Waals surface area contributed by atoms with Crippen LogP contribution in [-0.2, 0) is 0 Å². The predicted octanol–water partition coefficient (Wildman–Crippen LogP) is 3.81. The smallest absolute Gasteiger partial charge is 0.0254 e. The Hall–Kier alpha value is -0.0800. The quantitative estimate of drug-likeness (QED) is 0.719. The van der Waals surface area contributed by atoms with Gasteiger partial charge in [-0.25, -0.2) is 0 Å². The van der Waals surface area contributed by atoms with Gasteiger partial charge in [-0.3, -0.25) is 4.90 Å². The molecule has 19 heavy (non-hydrogen) atoms. The van der Waals surface area contributed by atoms with Gasteiger partial charge in [0.1, 0.15) is 0 Å². The Morgan fingerprint density at radius 3 is 2.37 bits per heavy atom. The molecule has 2 heteroatoms. The molecule has 0 bridgehead atoms. The maximum absolute atomic E-state index is 3.85. The molecule has 0 saturated heterocycles. The first-order valence-electron chi connectivity index (χ1n) is 8.79. The van der Waals surface area contributed by atoms with E-state index in [1.54, 1.807) is 0 Å². The van der Waals surface area contributed by atoms with Crippen LogP contribution in [0.15, 0.2) is 0 Å². The molecule has 0 aromatic rings. The van der Waals surface area contributed by atoms with Gasteiger partial charge in [0.2, 0.25) is 0 Å². The lowest BCUT2D eigenvalue weighted by atomic mass is 9.80. The van der Waals surface area contributed by atoms with Crippen molar-refractivity contribution in [3.05, 3.63) is 0 Å². The van der Waals surface area contributed by atoms with Crippen LogP contribution in [0, 0.1) is 5.92 Å². The molecule has 0 aliphatic heterocycles. The molecule has 2 rings (SSSR count). The van der Waals surface area contributed by atoms with E-state index >= 15 is 0 Å². The summed E-state index contributed by atoms with van der Waals surface area (Å²) in [5, 5.41) is 3.85. The maximum Gasteiger partial charge on any atom is 0.0254 e. The van der Waals surface area contributed by atoms with Gasteiger partial charge in [-0.05, 0) is 64.0 Å². The first-order valence-corrected chi connectivity index (χ1v) is 8.79. The Morgan fingerprint density at radius 2 is 1.79 bits per heavy atom. The molecule has 2 nitrogen and oxygen atoms in total. The summed E-state index contributed by atoms with van der Waals surface area (Å²) in [6.07, 6.45) is 11.1. The molecule has 2 aliphatic carbocycles. The van der Waals surface area contributed by atoms with Crippen LogP contribution in [0.4, 0.5) is 0 Å². The summed E-state index contributed by atoms with van der Waals surface area (Å²) in [5.41, 5.74) is 0. The molecule has 2 fully saturated rings. The molecule has 3 atom stereocenters. The summed E-state index contributed by atoms with van der Waals surface area (Å²) in [4.78, 5) is 2.87. The lowest BCUT2D eigenvalue weighted by Gasteiger charge is -2.43. The summed E-state index contributed by atoms with van der Waals surface area (Å²) in [7, 11) is 0. The van der Waals surface area contributed by atoms with Crippen molar-refractivity contribution < 1.29 is 0 Å². The molecular formula is C17H34N2. The van der Waals surface area contributed by atoms with Gasteiger partial charge in [-0.2, -0.15) is 0 Å². The van der Waals surface area contributed by atoms with Crippen molar-refractivity contribution in [3.63, 3.8) is 0 Å². The Balaban J connectivity index is 1.99. The highest BCUT2D eigenvalue weighted by molar-refractivity contribution is 4.96. The fraction of sp³-hybridized carbons (Fsp3) is 1.00. The Labute approximate surface area is 120 Å². The van der Waals surface area contributed by atoms with Crippen LogP contribution >= 0.6 is 0 Å². The molecule has 0 aromatic carbocycles. The average molecular weight is 266 g/mol. The minimum atomic E-state index is 0.759. The van der Waals surface area contributed by atoms with Crippen molar-refractivity contribution in [1.82, 2.24) is 10.2 Å². The molecule has 0 amide bonds. The second kappa shape index (κ2) is 7.64. The third-order valence-corrected chi connectivity index (χ3v) is 5.08. The standard InChI is InChI=1S/C17H34N2/c1-4-11-18-16-10-7-14(6-3)13-17(16)19(12-5-2)15-8-9-15/h14-18H,4-13H2,1-3H3. The van der Waals surface area contributed by atoms with Crippen molar-refractivity contribution in [2.45, 2.75) is 90.3 Å². The van der Waals surface area contributed by atoms with Crippen molar-refractivity contribution in [2.75, 3.05) is 13.1 Å². The van der Waals surface area contributed by atoms with Crippen molar-refractivity contribution in [1.29, 1.82) is 0 Å². The van der Waals surface area contributed by atoms with Crippen molar-refractivity contribution in [2.24, 2.45) is 5.92 Å². The van der Waals surface area contributed by atoms with Crippen LogP contribution in [0.5, 0.6) is 0 Å². The van der Waals surface area contributed by atoms with E-state index in [0.29, 0.717) is 0 Å². The van der Waals surface area contributed by atoms with E-state index in [9.17, 15) is 0 Å². The van der Waals surface area contributed by atoms with Crippen LogP contribution in [0.1, 0.15) is 72.1 Å². The molecule has 0 radical (unpaired) electrons. The second-order valence-corrected chi connectivity index (χ2v) is 6.68. The highest BCUT2D eigenvalue weighted by Crippen LogP contribution is 2.36. The van der Waals surface area contributed by atoms with Crippen molar-refractivity contribution in [3.8, 4) is 0 Å². The SMILES string of the molecule is CCCNC1CCC(CC)CC1N(CCC)C1CC1. The third kappa shape index (κ3) is 4.19. The molecule has 2 aliphatic rings. The minimum Gasteiger partial charge on any atom is -0.312 e. The lowest BCUT2D eigenvalue weighted by Crippen LogP contribution is -2.54. The minimum absolute atomic E-state index is 0.759. The Morgan fingerprint density at radius 1 is 1.00 bits per heavy atom. The van der Waals surface area contributed by atoms with E-state index in [1.165, 1.54) is 64.5 Å². The van der Waals surface area contributed by atoms with Gasteiger partial charge in [0, 0.05) is 18.1 Å². The predicted molar refractivity (Wildman–Crippen MR) is 83.5 cm³/mol. The monoisotopic (exact) mass is 266 g/mol. The first-order chi connectivity index (χ1) is 9.30.